The lowest BCUT2D eigenvalue weighted by molar-refractivity contribution is -0.248. The minimum Gasteiger partial charge on any atom is -0.316 e. The third-order valence-electron chi connectivity index (χ3n) is 8.77. The summed E-state index contributed by atoms with van der Waals surface area (Å²) >= 11 is 0. The highest BCUT2D eigenvalue weighted by atomic mass is 19.3. The fourth-order valence-corrected chi connectivity index (χ4v) is 6.26. The topological polar surface area (TPSA) is 9.23 Å². The highest BCUT2D eigenvalue weighted by Crippen LogP contribution is 2.39. The van der Waals surface area contributed by atoms with Gasteiger partial charge in [0, 0.05) is 0 Å². The monoisotopic (exact) mass is 506 g/mol. The number of allylic oxidation sites excluding steroid dienone is 3. The molecule has 0 heterocycles. The van der Waals surface area contributed by atoms with Gasteiger partial charge in [0.1, 0.15) is 0 Å². The zero-order chi connectivity index (χ0) is 26.1. The number of halogens is 2. The van der Waals surface area contributed by atoms with Gasteiger partial charge >= 0.3 is 6.11 Å². The van der Waals surface area contributed by atoms with Crippen molar-refractivity contribution in [3.63, 3.8) is 0 Å². The molecule has 3 heteroatoms. The molecule has 2 aliphatic rings. The normalized spacial score (nSPS) is 24.8. The van der Waals surface area contributed by atoms with Gasteiger partial charge in [-0.05, 0) is 118 Å². The minimum absolute atomic E-state index is 0.00419. The number of hydrogen-bond donors (Lipinski definition) is 0. The van der Waals surface area contributed by atoms with E-state index >= 15 is 0 Å². The third-order valence-corrected chi connectivity index (χ3v) is 8.77. The van der Waals surface area contributed by atoms with E-state index in [0.717, 1.165) is 30.7 Å². The zero-order valence-electron chi connectivity index (χ0n) is 22.5. The van der Waals surface area contributed by atoms with Crippen molar-refractivity contribution >= 4 is 0 Å². The molecule has 0 unspecified atom stereocenters. The van der Waals surface area contributed by atoms with Crippen molar-refractivity contribution in [2.45, 2.75) is 95.5 Å². The Morgan fingerprint density at radius 3 is 1.97 bits per heavy atom. The summed E-state index contributed by atoms with van der Waals surface area (Å²) in [5.74, 6) is 2.55. The van der Waals surface area contributed by atoms with Gasteiger partial charge in [-0.3, -0.25) is 0 Å². The maximum atomic E-state index is 14.8. The highest BCUT2D eigenvalue weighted by Gasteiger charge is 2.33. The predicted octanol–water partition coefficient (Wildman–Crippen LogP) is 10.1. The van der Waals surface area contributed by atoms with E-state index in [4.69, 9.17) is 4.74 Å². The van der Waals surface area contributed by atoms with Gasteiger partial charge in [-0.1, -0.05) is 66.8 Å². The Kier molecular flexibility index (Phi) is 10.1. The van der Waals surface area contributed by atoms with E-state index in [1.165, 1.54) is 56.1 Å². The number of alkyl halides is 2. The lowest BCUT2D eigenvalue weighted by Crippen LogP contribution is -2.20. The Bertz CT molecular complexity index is 975. The summed E-state index contributed by atoms with van der Waals surface area (Å²) in [6.45, 7) is 6.00. The number of ether oxygens (including phenoxy) is 1. The van der Waals surface area contributed by atoms with Crippen LogP contribution in [0, 0.1) is 11.8 Å². The molecule has 0 aliphatic heterocycles. The average Bonchev–Trinajstić information content (AvgIpc) is 2.94. The number of rotatable bonds is 11. The van der Waals surface area contributed by atoms with Gasteiger partial charge in [-0.2, -0.15) is 8.78 Å². The van der Waals surface area contributed by atoms with Gasteiger partial charge < -0.3 is 4.74 Å². The fraction of sp³-hybridized carbons (Fsp3) is 0.529. The fourth-order valence-electron chi connectivity index (χ4n) is 6.26. The first-order chi connectivity index (χ1) is 18.0. The van der Waals surface area contributed by atoms with Gasteiger partial charge in [0.25, 0.3) is 0 Å². The summed E-state index contributed by atoms with van der Waals surface area (Å²) < 4.78 is 34.6. The van der Waals surface area contributed by atoms with Crippen molar-refractivity contribution in [1.82, 2.24) is 0 Å². The van der Waals surface area contributed by atoms with Crippen LogP contribution >= 0.6 is 0 Å². The molecule has 0 spiro atoms. The summed E-state index contributed by atoms with van der Waals surface area (Å²) in [7, 11) is 0. The molecule has 200 valence electrons. The number of hydrogen-bond acceptors (Lipinski definition) is 1. The van der Waals surface area contributed by atoms with Crippen LogP contribution in [0.3, 0.4) is 0 Å². The molecule has 2 aliphatic carbocycles. The smallest absolute Gasteiger partial charge is 0.316 e. The lowest BCUT2D eigenvalue weighted by atomic mass is 9.77. The minimum atomic E-state index is -3.27. The van der Waals surface area contributed by atoms with Crippen molar-refractivity contribution in [2.24, 2.45) is 11.8 Å². The Hall–Kier alpha value is -2.26. The molecule has 1 nitrogen and oxygen atoms in total. The van der Waals surface area contributed by atoms with E-state index in [-0.39, 0.29) is 12.2 Å². The van der Waals surface area contributed by atoms with Crippen molar-refractivity contribution in [3.05, 3.63) is 95.6 Å². The van der Waals surface area contributed by atoms with Crippen LogP contribution in [0.15, 0.2) is 73.3 Å². The van der Waals surface area contributed by atoms with E-state index < -0.39 is 6.11 Å². The standard InChI is InChI=1S/C34H44F2O/c1-3-5-6-7-27-10-16-31(17-11-27)32-20-22-33(23-21-32)34(35,36)37-25-24-28-12-18-30(19-13-28)29-14-8-26(4-2)9-15-29/h3-5,12-13,18-23,26-27,29,31H,2,6-11,14-17,24-25H2,1H3/b5-3+. The summed E-state index contributed by atoms with van der Waals surface area (Å²) in [4.78, 5) is 0. The van der Waals surface area contributed by atoms with Crippen LogP contribution in [-0.2, 0) is 17.3 Å². The van der Waals surface area contributed by atoms with E-state index in [2.05, 4.69) is 56.0 Å². The molecule has 2 fully saturated rings. The van der Waals surface area contributed by atoms with Crippen molar-refractivity contribution in [3.8, 4) is 0 Å². The second kappa shape index (κ2) is 13.5. The highest BCUT2D eigenvalue weighted by molar-refractivity contribution is 5.28. The van der Waals surface area contributed by atoms with Crippen LogP contribution in [0.1, 0.15) is 105 Å². The third kappa shape index (κ3) is 7.87. The Balaban J connectivity index is 1.22. The molecule has 0 atom stereocenters. The molecule has 2 saturated carbocycles. The Morgan fingerprint density at radius 2 is 1.41 bits per heavy atom. The second-order valence-corrected chi connectivity index (χ2v) is 11.2. The first-order valence-electron chi connectivity index (χ1n) is 14.4. The van der Waals surface area contributed by atoms with Crippen LogP contribution in [-0.4, -0.2) is 6.61 Å². The molecule has 2 aromatic rings. The molecule has 0 saturated heterocycles. The molecular weight excluding hydrogens is 462 g/mol. The van der Waals surface area contributed by atoms with Gasteiger partial charge in [0.05, 0.1) is 12.2 Å². The first-order valence-corrected chi connectivity index (χ1v) is 14.4. The molecule has 0 bridgehead atoms. The first kappa shape index (κ1) is 27.8. The van der Waals surface area contributed by atoms with Gasteiger partial charge in [0.15, 0.2) is 0 Å². The molecule has 0 radical (unpaired) electrons. The Morgan fingerprint density at radius 1 is 0.838 bits per heavy atom. The molecule has 37 heavy (non-hydrogen) atoms. The lowest BCUT2D eigenvalue weighted by Gasteiger charge is -2.29. The summed E-state index contributed by atoms with van der Waals surface area (Å²) in [5.41, 5.74) is 3.53. The van der Waals surface area contributed by atoms with Crippen LogP contribution in [0.2, 0.25) is 0 Å². The van der Waals surface area contributed by atoms with E-state index in [1.54, 1.807) is 12.1 Å². The van der Waals surface area contributed by atoms with Crippen molar-refractivity contribution < 1.29 is 13.5 Å². The molecule has 2 aromatic carbocycles. The molecule has 0 aromatic heterocycles. The molecular formula is C34H44F2O. The zero-order valence-corrected chi connectivity index (χ0v) is 22.5. The van der Waals surface area contributed by atoms with Crippen molar-refractivity contribution in [1.29, 1.82) is 0 Å². The second-order valence-electron chi connectivity index (χ2n) is 11.2. The maximum Gasteiger partial charge on any atom is 0.383 e. The van der Waals surface area contributed by atoms with Gasteiger partial charge in [-0.15, -0.1) is 6.58 Å². The maximum absolute atomic E-state index is 14.8. The molecule has 0 N–H and O–H groups in total. The van der Waals surface area contributed by atoms with E-state index in [9.17, 15) is 8.78 Å². The Labute approximate surface area is 223 Å². The summed E-state index contributed by atoms with van der Waals surface area (Å²) in [6.07, 6.45) is 15.7. The van der Waals surface area contributed by atoms with Crippen LogP contribution in [0.25, 0.3) is 0 Å². The van der Waals surface area contributed by atoms with Crippen LogP contribution in [0.5, 0.6) is 0 Å². The number of benzene rings is 2. The van der Waals surface area contributed by atoms with Crippen LogP contribution in [0.4, 0.5) is 8.78 Å². The van der Waals surface area contributed by atoms with Crippen LogP contribution < -0.4 is 0 Å². The average molecular weight is 507 g/mol. The quantitative estimate of drug-likeness (QED) is 0.275. The van der Waals surface area contributed by atoms with E-state index in [1.807, 2.05) is 12.1 Å². The van der Waals surface area contributed by atoms with E-state index in [0.29, 0.717) is 24.2 Å². The van der Waals surface area contributed by atoms with Gasteiger partial charge in [0.2, 0.25) is 0 Å². The predicted molar refractivity (Wildman–Crippen MR) is 150 cm³/mol. The molecule has 0 amide bonds. The summed E-state index contributed by atoms with van der Waals surface area (Å²) in [5, 5.41) is 0. The van der Waals surface area contributed by atoms with Gasteiger partial charge in [-0.25, -0.2) is 0 Å². The van der Waals surface area contributed by atoms with Crippen molar-refractivity contribution in [2.75, 3.05) is 6.61 Å². The largest absolute Gasteiger partial charge is 0.383 e. The SMILES string of the molecule is C=CC1CCC(c2ccc(CCOC(F)(F)c3ccc(C4CCC(CC/C=C/C)CC4)cc3)cc2)CC1. The molecule has 4 rings (SSSR count). The summed E-state index contributed by atoms with van der Waals surface area (Å²) in [6, 6.07) is 15.4.